The van der Waals surface area contributed by atoms with E-state index in [4.69, 9.17) is 14.2 Å². The van der Waals surface area contributed by atoms with E-state index >= 15 is 0 Å². The highest BCUT2D eigenvalue weighted by Gasteiger charge is 2.29. The Bertz CT molecular complexity index is 202. The molecule has 2 unspecified atom stereocenters. The molecule has 0 radical (unpaired) electrons. The quantitative estimate of drug-likeness (QED) is 0.732. The summed E-state index contributed by atoms with van der Waals surface area (Å²) in [6.07, 6.45) is -0.735. The van der Waals surface area contributed by atoms with Gasteiger partial charge in [-0.1, -0.05) is 20.8 Å². The fourth-order valence-corrected chi connectivity index (χ4v) is 1.34. The van der Waals surface area contributed by atoms with E-state index in [0.29, 0.717) is 6.61 Å². The SMILES string of the molecule is COCC(OC(CO)C(C)(C)C)OC(C)(C)C. The van der Waals surface area contributed by atoms with Crippen LogP contribution in [0, 0.1) is 5.41 Å². The Labute approximate surface area is 105 Å². The maximum absolute atomic E-state index is 9.36. The highest BCUT2D eigenvalue weighted by molar-refractivity contribution is 4.74. The zero-order valence-corrected chi connectivity index (χ0v) is 12.2. The first kappa shape index (κ1) is 16.8. The minimum atomic E-state index is -0.462. The Hall–Kier alpha value is -0.160. The van der Waals surface area contributed by atoms with Crippen LogP contribution < -0.4 is 0 Å². The zero-order chi connectivity index (χ0) is 13.7. The van der Waals surface area contributed by atoms with E-state index < -0.39 is 6.29 Å². The van der Waals surface area contributed by atoms with Crippen molar-refractivity contribution in [1.82, 2.24) is 0 Å². The molecule has 0 aliphatic rings. The van der Waals surface area contributed by atoms with Gasteiger partial charge in [-0.15, -0.1) is 0 Å². The number of methoxy groups -OCH3 is 1. The van der Waals surface area contributed by atoms with Gasteiger partial charge in [-0.2, -0.15) is 0 Å². The molecule has 0 aliphatic heterocycles. The molecule has 4 heteroatoms. The summed E-state index contributed by atoms with van der Waals surface area (Å²) in [5.41, 5.74) is -0.441. The Morgan fingerprint density at radius 2 is 1.59 bits per heavy atom. The number of ether oxygens (including phenoxy) is 3. The first-order valence-electron chi connectivity index (χ1n) is 6.03. The molecule has 0 aromatic heterocycles. The van der Waals surface area contributed by atoms with Gasteiger partial charge >= 0.3 is 0 Å². The van der Waals surface area contributed by atoms with Gasteiger partial charge in [-0.25, -0.2) is 0 Å². The number of hydrogen-bond acceptors (Lipinski definition) is 4. The number of aliphatic hydroxyl groups is 1. The first-order chi connectivity index (χ1) is 7.60. The molecule has 0 aromatic carbocycles. The fourth-order valence-electron chi connectivity index (χ4n) is 1.34. The van der Waals surface area contributed by atoms with Crippen LogP contribution in [0.4, 0.5) is 0 Å². The van der Waals surface area contributed by atoms with Crippen molar-refractivity contribution in [2.75, 3.05) is 20.3 Å². The molecule has 0 saturated carbocycles. The third-order valence-corrected chi connectivity index (χ3v) is 2.24. The van der Waals surface area contributed by atoms with Crippen molar-refractivity contribution in [3.05, 3.63) is 0 Å². The maximum Gasteiger partial charge on any atom is 0.181 e. The van der Waals surface area contributed by atoms with Crippen molar-refractivity contribution in [2.45, 2.75) is 59.5 Å². The van der Waals surface area contributed by atoms with E-state index in [9.17, 15) is 5.11 Å². The van der Waals surface area contributed by atoms with E-state index in [1.807, 2.05) is 41.5 Å². The largest absolute Gasteiger partial charge is 0.394 e. The average Bonchev–Trinajstić information content (AvgIpc) is 2.09. The first-order valence-corrected chi connectivity index (χ1v) is 6.03. The Balaban J connectivity index is 4.51. The fraction of sp³-hybridized carbons (Fsp3) is 1.00. The Morgan fingerprint density at radius 1 is 1.06 bits per heavy atom. The van der Waals surface area contributed by atoms with E-state index in [1.165, 1.54) is 0 Å². The summed E-state index contributed by atoms with van der Waals surface area (Å²) in [5.74, 6) is 0. The van der Waals surface area contributed by atoms with Gasteiger partial charge in [-0.3, -0.25) is 0 Å². The molecule has 0 saturated heterocycles. The van der Waals surface area contributed by atoms with E-state index in [0.717, 1.165) is 0 Å². The van der Waals surface area contributed by atoms with Gasteiger partial charge in [0.1, 0.15) is 0 Å². The lowest BCUT2D eigenvalue weighted by Gasteiger charge is -2.35. The third kappa shape index (κ3) is 7.71. The molecule has 1 N–H and O–H groups in total. The minimum Gasteiger partial charge on any atom is -0.394 e. The van der Waals surface area contributed by atoms with Crippen LogP contribution in [0.1, 0.15) is 41.5 Å². The van der Waals surface area contributed by atoms with Crippen molar-refractivity contribution in [3.63, 3.8) is 0 Å². The van der Waals surface area contributed by atoms with Crippen LogP contribution in [0.25, 0.3) is 0 Å². The third-order valence-electron chi connectivity index (χ3n) is 2.24. The van der Waals surface area contributed by atoms with E-state index in [2.05, 4.69) is 0 Å². The molecule has 0 fully saturated rings. The standard InChI is InChI=1S/C13H28O4/c1-12(2,3)10(8-14)16-11(9-15-7)17-13(4,5)6/h10-11,14H,8-9H2,1-7H3. The molecule has 0 rings (SSSR count). The molecule has 4 nitrogen and oxygen atoms in total. The highest BCUT2D eigenvalue weighted by atomic mass is 16.7. The van der Waals surface area contributed by atoms with Crippen LogP contribution in [0.15, 0.2) is 0 Å². The zero-order valence-electron chi connectivity index (χ0n) is 12.2. The second-order valence-electron chi connectivity index (χ2n) is 6.29. The van der Waals surface area contributed by atoms with Gasteiger partial charge in [-0.05, 0) is 26.2 Å². The maximum atomic E-state index is 9.36. The van der Waals surface area contributed by atoms with Gasteiger partial charge in [0, 0.05) is 7.11 Å². The van der Waals surface area contributed by atoms with Crippen LogP contribution in [0.2, 0.25) is 0 Å². The van der Waals surface area contributed by atoms with E-state index in [1.54, 1.807) is 7.11 Å². The summed E-state index contributed by atoms with van der Waals surface area (Å²) < 4.78 is 16.6. The molecule has 0 aromatic rings. The topological polar surface area (TPSA) is 47.9 Å². The van der Waals surface area contributed by atoms with Crippen LogP contribution in [0.5, 0.6) is 0 Å². The second kappa shape index (κ2) is 6.69. The summed E-state index contributed by atoms with van der Waals surface area (Å²) in [7, 11) is 1.60. The second-order valence-corrected chi connectivity index (χ2v) is 6.29. The number of rotatable bonds is 6. The van der Waals surface area contributed by atoms with Crippen molar-refractivity contribution in [2.24, 2.45) is 5.41 Å². The lowest BCUT2D eigenvalue weighted by Crippen LogP contribution is -2.41. The van der Waals surface area contributed by atoms with Crippen molar-refractivity contribution >= 4 is 0 Å². The molecule has 0 heterocycles. The summed E-state index contributed by atoms with van der Waals surface area (Å²) in [6, 6.07) is 0. The summed E-state index contributed by atoms with van der Waals surface area (Å²) in [6.45, 7) is 12.3. The Morgan fingerprint density at radius 3 is 1.88 bits per heavy atom. The lowest BCUT2D eigenvalue weighted by molar-refractivity contribution is -0.250. The molecule has 0 spiro atoms. The number of aliphatic hydroxyl groups excluding tert-OH is 1. The normalized spacial score (nSPS) is 16.9. The average molecular weight is 248 g/mol. The van der Waals surface area contributed by atoms with E-state index in [-0.39, 0.29) is 23.7 Å². The number of hydrogen-bond donors (Lipinski definition) is 1. The molecule has 0 bridgehead atoms. The van der Waals surface area contributed by atoms with Crippen LogP contribution >= 0.6 is 0 Å². The van der Waals surface area contributed by atoms with Gasteiger partial charge in [0.05, 0.1) is 24.9 Å². The summed E-state index contributed by atoms with van der Waals surface area (Å²) >= 11 is 0. The van der Waals surface area contributed by atoms with Gasteiger partial charge in [0.2, 0.25) is 0 Å². The highest BCUT2D eigenvalue weighted by Crippen LogP contribution is 2.24. The predicted molar refractivity (Wildman–Crippen MR) is 67.9 cm³/mol. The summed E-state index contributed by atoms with van der Waals surface area (Å²) in [5, 5.41) is 9.36. The molecule has 0 amide bonds. The smallest absolute Gasteiger partial charge is 0.181 e. The molecular weight excluding hydrogens is 220 g/mol. The van der Waals surface area contributed by atoms with Crippen molar-refractivity contribution < 1.29 is 19.3 Å². The minimum absolute atomic E-state index is 0.0305. The summed E-state index contributed by atoms with van der Waals surface area (Å²) in [4.78, 5) is 0. The van der Waals surface area contributed by atoms with Gasteiger partial charge in [0.25, 0.3) is 0 Å². The van der Waals surface area contributed by atoms with Crippen LogP contribution in [0.3, 0.4) is 0 Å². The van der Waals surface area contributed by atoms with Crippen molar-refractivity contribution in [1.29, 1.82) is 0 Å². The van der Waals surface area contributed by atoms with Crippen LogP contribution in [-0.4, -0.2) is 43.4 Å². The van der Waals surface area contributed by atoms with Crippen LogP contribution in [-0.2, 0) is 14.2 Å². The van der Waals surface area contributed by atoms with Crippen molar-refractivity contribution in [3.8, 4) is 0 Å². The molecule has 104 valence electrons. The predicted octanol–water partition coefficient (Wildman–Crippen LogP) is 2.20. The monoisotopic (exact) mass is 248 g/mol. The molecule has 2 atom stereocenters. The van der Waals surface area contributed by atoms with Gasteiger partial charge in [0.15, 0.2) is 6.29 Å². The molecular formula is C13H28O4. The molecule has 0 aliphatic carbocycles. The lowest BCUT2D eigenvalue weighted by atomic mass is 9.89. The van der Waals surface area contributed by atoms with Gasteiger partial charge < -0.3 is 19.3 Å². The molecule has 17 heavy (non-hydrogen) atoms. The Kier molecular flexibility index (Phi) is 6.62.